The molecule has 5 nitrogen and oxygen atoms in total. The Labute approximate surface area is 139 Å². The van der Waals surface area contributed by atoms with Gasteiger partial charge in [0, 0.05) is 0 Å². The van der Waals surface area contributed by atoms with Crippen LogP contribution in [0.3, 0.4) is 0 Å². The average Bonchev–Trinajstić information content (AvgIpc) is 3.14. The van der Waals surface area contributed by atoms with Crippen LogP contribution < -0.4 is 5.32 Å². The van der Waals surface area contributed by atoms with Crippen LogP contribution in [0.5, 0.6) is 0 Å². The summed E-state index contributed by atoms with van der Waals surface area (Å²) in [7, 11) is 0. The third-order valence-corrected chi connectivity index (χ3v) is 3.67. The number of nitrogens with one attached hydrogen (secondary N) is 1. The van der Waals surface area contributed by atoms with Gasteiger partial charge in [0.25, 0.3) is 5.91 Å². The smallest absolute Gasteiger partial charge is 0.338 e. The SMILES string of the molecule is C[C@@H](NC(=O)COC(=O)c1ccc2ccccc2c1)c1ccco1. The Balaban J connectivity index is 1.57. The molecule has 1 atom stereocenters. The lowest BCUT2D eigenvalue weighted by Gasteiger charge is -2.11. The van der Waals surface area contributed by atoms with Gasteiger partial charge in [0.05, 0.1) is 17.9 Å². The Morgan fingerprint density at radius 3 is 2.62 bits per heavy atom. The number of ether oxygens (including phenoxy) is 1. The monoisotopic (exact) mass is 323 g/mol. The summed E-state index contributed by atoms with van der Waals surface area (Å²) in [6, 6.07) is 16.2. The number of carbonyl (C=O) groups excluding carboxylic acids is 2. The number of hydrogen-bond donors (Lipinski definition) is 1. The van der Waals surface area contributed by atoms with E-state index < -0.39 is 5.97 Å². The van der Waals surface area contributed by atoms with Gasteiger partial charge < -0.3 is 14.5 Å². The van der Waals surface area contributed by atoms with E-state index >= 15 is 0 Å². The van der Waals surface area contributed by atoms with Gasteiger partial charge >= 0.3 is 5.97 Å². The van der Waals surface area contributed by atoms with Crippen LogP contribution in [-0.4, -0.2) is 18.5 Å². The molecule has 1 aromatic heterocycles. The molecule has 0 aliphatic carbocycles. The summed E-state index contributed by atoms with van der Waals surface area (Å²) in [5, 5.41) is 4.70. The molecule has 2 aromatic carbocycles. The Bertz CT molecular complexity index is 855. The molecule has 0 radical (unpaired) electrons. The van der Waals surface area contributed by atoms with E-state index in [9.17, 15) is 9.59 Å². The van der Waals surface area contributed by atoms with E-state index in [2.05, 4.69) is 5.32 Å². The second-order valence-corrected chi connectivity index (χ2v) is 5.44. The molecule has 1 N–H and O–H groups in total. The Morgan fingerprint density at radius 1 is 1.08 bits per heavy atom. The van der Waals surface area contributed by atoms with Crippen LogP contribution >= 0.6 is 0 Å². The van der Waals surface area contributed by atoms with E-state index in [0.29, 0.717) is 11.3 Å². The molecule has 0 fully saturated rings. The third-order valence-electron chi connectivity index (χ3n) is 3.67. The normalized spacial score (nSPS) is 11.9. The van der Waals surface area contributed by atoms with E-state index in [4.69, 9.17) is 9.15 Å². The van der Waals surface area contributed by atoms with Crippen molar-refractivity contribution < 1.29 is 18.7 Å². The predicted molar refractivity (Wildman–Crippen MR) is 89.5 cm³/mol. The second kappa shape index (κ2) is 7.00. The van der Waals surface area contributed by atoms with Gasteiger partial charge in [0.2, 0.25) is 0 Å². The summed E-state index contributed by atoms with van der Waals surface area (Å²) in [4.78, 5) is 24.0. The number of benzene rings is 2. The summed E-state index contributed by atoms with van der Waals surface area (Å²) >= 11 is 0. The van der Waals surface area contributed by atoms with Gasteiger partial charge in [-0.25, -0.2) is 4.79 Å². The molecule has 122 valence electrons. The highest BCUT2D eigenvalue weighted by Gasteiger charge is 2.14. The van der Waals surface area contributed by atoms with Gasteiger partial charge in [0.15, 0.2) is 6.61 Å². The molecular formula is C19H17NO4. The second-order valence-electron chi connectivity index (χ2n) is 5.44. The number of furan rings is 1. The van der Waals surface area contributed by atoms with E-state index in [1.807, 2.05) is 30.3 Å². The maximum atomic E-state index is 12.1. The third kappa shape index (κ3) is 3.63. The van der Waals surface area contributed by atoms with Crippen LogP contribution in [0.25, 0.3) is 10.8 Å². The zero-order valence-corrected chi connectivity index (χ0v) is 13.2. The van der Waals surface area contributed by atoms with Gasteiger partial charge in [0.1, 0.15) is 5.76 Å². The summed E-state index contributed by atoms with van der Waals surface area (Å²) in [5.74, 6) is -0.265. The minimum atomic E-state index is -0.526. The summed E-state index contributed by atoms with van der Waals surface area (Å²) in [6.45, 7) is 1.46. The fourth-order valence-corrected chi connectivity index (χ4v) is 2.42. The van der Waals surface area contributed by atoms with Gasteiger partial charge in [-0.05, 0) is 42.0 Å². The van der Waals surface area contributed by atoms with Gasteiger partial charge in [-0.15, -0.1) is 0 Å². The summed E-state index contributed by atoms with van der Waals surface area (Å²) in [6.07, 6.45) is 1.54. The van der Waals surface area contributed by atoms with Crippen LogP contribution in [-0.2, 0) is 9.53 Å². The molecule has 0 aliphatic rings. The summed E-state index contributed by atoms with van der Waals surface area (Å²) in [5.41, 5.74) is 0.417. The van der Waals surface area contributed by atoms with Crippen molar-refractivity contribution >= 4 is 22.6 Å². The zero-order valence-electron chi connectivity index (χ0n) is 13.2. The van der Waals surface area contributed by atoms with Gasteiger partial charge in [-0.2, -0.15) is 0 Å². The molecule has 5 heteroatoms. The highest BCUT2D eigenvalue weighted by atomic mass is 16.5. The fraction of sp³-hybridized carbons (Fsp3) is 0.158. The molecule has 0 spiro atoms. The maximum Gasteiger partial charge on any atom is 0.338 e. The minimum Gasteiger partial charge on any atom is -0.467 e. The lowest BCUT2D eigenvalue weighted by Crippen LogP contribution is -2.30. The molecule has 1 heterocycles. The van der Waals surface area contributed by atoms with Gasteiger partial charge in [-0.1, -0.05) is 30.3 Å². The van der Waals surface area contributed by atoms with Crippen molar-refractivity contribution in [3.63, 3.8) is 0 Å². The Kier molecular flexibility index (Phi) is 4.61. The zero-order chi connectivity index (χ0) is 16.9. The first-order valence-electron chi connectivity index (χ1n) is 7.62. The van der Waals surface area contributed by atoms with E-state index in [1.54, 1.807) is 31.2 Å². The minimum absolute atomic E-state index is 0.285. The molecule has 3 rings (SSSR count). The fourth-order valence-electron chi connectivity index (χ4n) is 2.42. The quantitative estimate of drug-likeness (QED) is 0.730. The Morgan fingerprint density at radius 2 is 1.88 bits per heavy atom. The lowest BCUT2D eigenvalue weighted by molar-refractivity contribution is -0.125. The van der Waals surface area contributed by atoms with Crippen LogP contribution in [0.15, 0.2) is 65.3 Å². The molecule has 1 amide bonds. The number of rotatable bonds is 5. The molecule has 0 bridgehead atoms. The van der Waals surface area contributed by atoms with E-state index in [0.717, 1.165) is 10.8 Å². The van der Waals surface area contributed by atoms with E-state index in [1.165, 1.54) is 6.26 Å². The summed E-state index contributed by atoms with van der Waals surface area (Å²) < 4.78 is 10.3. The maximum absolute atomic E-state index is 12.1. The number of esters is 1. The standard InChI is InChI=1S/C19H17NO4/c1-13(17-7-4-10-23-17)20-18(21)12-24-19(22)16-9-8-14-5-2-3-6-15(14)11-16/h2-11,13H,12H2,1H3,(H,20,21)/t13-/m1/s1. The first-order valence-corrected chi connectivity index (χ1v) is 7.62. The highest BCUT2D eigenvalue weighted by Crippen LogP contribution is 2.16. The lowest BCUT2D eigenvalue weighted by atomic mass is 10.1. The molecule has 3 aromatic rings. The topological polar surface area (TPSA) is 68.5 Å². The average molecular weight is 323 g/mol. The van der Waals surface area contributed by atoms with E-state index in [-0.39, 0.29) is 18.6 Å². The number of hydrogen-bond acceptors (Lipinski definition) is 4. The number of fused-ring (bicyclic) bond motifs is 1. The highest BCUT2D eigenvalue weighted by molar-refractivity contribution is 5.96. The van der Waals surface area contributed by atoms with Crippen LogP contribution in [0.4, 0.5) is 0 Å². The van der Waals surface area contributed by atoms with Crippen molar-refractivity contribution in [2.45, 2.75) is 13.0 Å². The molecule has 24 heavy (non-hydrogen) atoms. The van der Waals surface area contributed by atoms with Crippen molar-refractivity contribution in [1.29, 1.82) is 0 Å². The van der Waals surface area contributed by atoms with Crippen molar-refractivity contribution in [1.82, 2.24) is 5.32 Å². The molecule has 0 saturated carbocycles. The van der Waals surface area contributed by atoms with Crippen LogP contribution in [0, 0.1) is 0 Å². The van der Waals surface area contributed by atoms with Crippen molar-refractivity contribution in [3.05, 3.63) is 72.2 Å². The van der Waals surface area contributed by atoms with Crippen molar-refractivity contribution in [2.75, 3.05) is 6.61 Å². The first kappa shape index (κ1) is 15.8. The van der Waals surface area contributed by atoms with Crippen molar-refractivity contribution in [2.24, 2.45) is 0 Å². The Hall–Kier alpha value is -3.08. The van der Waals surface area contributed by atoms with Crippen molar-refractivity contribution in [3.8, 4) is 0 Å². The molecular weight excluding hydrogens is 306 g/mol. The molecule has 0 aliphatic heterocycles. The van der Waals surface area contributed by atoms with Crippen LogP contribution in [0.2, 0.25) is 0 Å². The predicted octanol–water partition coefficient (Wildman–Crippen LogP) is 3.47. The molecule has 0 unspecified atom stereocenters. The van der Waals surface area contributed by atoms with Gasteiger partial charge in [-0.3, -0.25) is 4.79 Å². The number of amides is 1. The molecule has 0 saturated heterocycles. The number of carbonyl (C=O) groups is 2. The van der Waals surface area contributed by atoms with Crippen LogP contribution in [0.1, 0.15) is 29.1 Å². The first-order chi connectivity index (χ1) is 11.6. The largest absolute Gasteiger partial charge is 0.467 e.